The van der Waals surface area contributed by atoms with E-state index in [9.17, 15) is 31.1 Å². The van der Waals surface area contributed by atoms with Crippen molar-refractivity contribution in [2.75, 3.05) is 0 Å². The molecule has 0 amide bonds. The minimum atomic E-state index is -5.03. The van der Waals surface area contributed by atoms with Crippen LogP contribution in [-0.2, 0) is 12.4 Å². The van der Waals surface area contributed by atoms with Crippen molar-refractivity contribution in [1.82, 2.24) is 0 Å². The van der Waals surface area contributed by atoms with Gasteiger partial charge in [0.2, 0.25) is 0 Å². The fraction of sp³-hybridized carbons (Fsp3) is 0.222. The molecule has 2 nitrogen and oxygen atoms in total. The fourth-order valence-corrected chi connectivity index (χ4v) is 1.97. The maximum absolute atomic E-state index is 12.5. The first-order chi connectivity index (χ1) is 7.94. The van der Waals surface area contributed by atoms with Crippen LogP contribution in [0.15, 0.2) is 12.1 Å². The largest absolute Gasteiger partial charge is 0.478 e. The Morgan fingerprint density at radius 3 is 1.78 bits per heavy atom. The zero-order valence-corrected chi connectivity index (χ0v) is 10.3. The van der Waals surface area contributed by atoms with E-state index in [1.807, 2.05) is 0 Å². The number of benzene rings is 1. The van der Waals surface area contributed by atoms with Gasteiger partial charge in [0, 0.05) is 3.57 Å². The Hall–Kier alpha value is -1.00. The number of carbonyl (C=O) groups is 1. The molecule has 1 rings (SSSR count). The van der Waals surface area contributed by atoms with Gasteiger partial charge in [0.05, 0.1) is 16.7 Å². The van der Waals surface area contributed by atoms with Crippen LogP contribution in [0.1, 0.15) is 21.5 Å². The number of carboxylic acids is 1. The number of hydrogen-bond donors (Lipinski definition) is 1. The molecule has 1 aromatic rings. The van der Waals surface area contributed by atoms with Gasteiger partial charge < -0.3 is 5.11 Å². The van der Waals surface area contributed by atoms with E-state index in [1.54, 1.807) is 0 Å². The second kappa shape index (κ2) is 4.59. The van der Waals surface area contributed by atoms with E-state index < -0.39 is 38.6 Å². The highest BCUT2D eigenvalue weighted by Crippen LogP contribution is 2.39. The normalized spacial score (nSPS) is 12.6. The Bertz CT molecular complexity index is 491. The number of halogens is 7. The number of rotatable bonds is 1. The molecule has 0 aliphatic rings. The van der Waals surface area contributed by atoms with E-state index in [0.29, 0.717) is 0 Å². The smallest absolute Gasteiger partial charge is 0.417 e. The molecule has 18 heavy (non-hydrogen) atoms. The van der Waals surface area contributed by atoms with Crippen molar-refractivity contribution >= 4 is 28.6 Å². The first kappa shape index (κ1) is 15.1. The average molecular weight is 384 g/mol. The molecule has 1 aromatic carbocycles. The first-order valence-electron chi connectivity index (χ1n) is 4.16. The third-order valence-electron chi connectivity index (χ3n) is 1.95. The molecule has 0 bridgehead atoms. The van der Waals surface area contributed by atoms with E-state index in [0.717, 1.165) is 22.6 Å². The molecular weight excluding hydrogens is 381 g/mol. The third kappa shape index (κ3) is 3.06. The lowest BCUT2D eigenvalue weighted by atomic mass is 10.0. The predicted molar refractivity (Wildman–Crippen MR) is 56.1 cm³/mol. The summed E-state index contributed by atoms with van der Waals surface area (Å²) in [5, 5.41) is 8.54. The fourth-order valence-electron chi connectivity index (χ4n) is 1.20. The zero-order valence-electron chi connectivity index (χ0n) is 8.16. The van der Waals surface area contributed by atoms with E-state index >= 15 is 0 Å². The summed E-state index contributed by atoms with van der Waals surface area (Å²) in [5.41, 5.74) is -4.43. The van der Waals surface area contributed by atoms with Crippen LogP contribution in [0, 0.1) is 3.57 Å². The SMILES string of the molecule is O=C(O)c1cc(C(F)(F)F)c(I)cc1C(F)(F)F. The minimum absolute atomic E-state index is 0.00701. The number of hydrogen-bond acceptors (Lipinski definition) is 1. The zero-order chi connectivity index (χ0) is 14.3. The molecule has 0 saturated carbocycles. The highest BCUT2D eigenvalue weighted by atomic mass is 127. The van der Waals surface area contributed by atoms with Crippen LogP contribution in [0.4, 0.5) is 26.3 Å². The summed E-state index contributed by atoms with van der Waals surface area (Å²) in [7, 11) is 0. The van der Waals surface area contributed by atoms with Crippen molar-refractivity contribution in [3.05, 3.63) is 32.4 Å². The maximum Gasteiger partial charge on any atom is 0.417 e. The minimum Gasteiger partial charge on any atom is -0.478 e. The summed E-state index contributed by atoms with van der Waals surface area (Å²) in [6.07, 6.45) is -9.94. The number of aromatic carboxylic acids is 1. The monoisotopic (exact) mass is 384 g/mol. The summed E-state index contributed by atoms with van der Waals surface area (Å²) >= 11 is 1.08. The van der Waals surface area contributed by atoms with Crippen LogP contribution in [0.5, 0.6) is 0 Å². The van der Waals surface area contributed by atoms with Gasteiger partial charge in [0.15, 0.2) is 0 Å². The lowest BCUT2D eigenvalue weighted by Crippen LogP contribution is -2.17. The van der Waals surface area contributed by atoms with Gasteiger partial charge in [-0.2, -0.15) is 26.3 Å². The Balaban J connectivity index is 3.60. The lowest BCUT2D eigenvalue weighted by molar-refractivity contribution is -0.142. The van der Waals surface area contributed by atoms with Crippen molar-refractivity contribution in [3.63, 3.8) is 0 Å². The summed E-state index contributed by atoms with van der Waals surface area (Å²) < 4.78 is 74.0. The van der Waals surface area contributed by atoms with Crippen LogP contribution < -0.4 is 0 Å². The van der Waals surface area contributed by atoms with Crippen molar-refractivity contribution in [1.29, 1.82) is 0 Å². The molecule has 0 heterocycles. The van der Waals surface area contributed by atoms with Crippen LogP contribution in [0.25, 0.3) is 0 Å². The summed E-state index contributed by atoms with van der Waals surface area (Å²) in [4.78, 5) is 10.6. The number of carboxylic acid groups (broad SMARTS) is 1. The molecule has 0 aliphatic heterocycles. The standard InChI is InChI=1S/C9H3F6IO2/c10-8(11,12)4-2-6(16)5(9(13,14)15)1-3(4)7(17)18/h1-2H,(H,17,18). The van der Waals surface area contributed by atoms with Gasteiger partial charge in [0.25, 0.3) is 0 Å². The Morgan fingerprint density at radius 2 is 1.44 bits per heavy atom. The first-order valence-corrected chi connectivity index (χ1v) is 5.23. The lowest BCUT2D eigenvalue weighted by Gasteiger charge is -2.15. The second-order valence-corrected chi connectivity index (χ2v) is 4.34. The van der Waals surface area contributed by atoms with Crippen LogP contribution >= 0.6 is 22.6 Å². The van der Waals surface area contributed by atoms with Crippen LogP contribution in [-0.4, -0.2) is 11.1 Å². The van der Waals surface area contributed by atoms with Gasteiger partial charge in [0.1, 0.15) is 0 Å². The van der Waals surface area contributed by atoms with E-state index in [-0.39, 0.29) is 12.1 Å². The molecule has 0 spiro atoms. The molecule has 0 fully saturated rings. The van der Waals surface area contributed by atoms with Gasteiger partial charge >= 0.3 is 18.3 Å². The molecule has 0 aliphatic carbocycles. The van der Waals surface area contributed by atoms with E-state index in [4.69, 9.17) is 5.11 Å². The predicted octanol–water partition coefficient (Wildman–Crippen LogP) is 4.03. The topological polar surface area (TPSA) is 37.3 Å². The van der Waals surface area contributed by atoms with Gasteiger partial charge in [-0.15, -0.1) is 0 Å². The maximum atomic E-state index is 12.5. The molecule has 0 unspecified atom stereocenters. The van der Waals surface area contributed by atoms with Gasteiger partial charge in [-0.1, -0.05) is 0 Å². The van der Waals surface area contributed by atoms with Gasteiger partial charge in [-0.3, -0.25) is 0 Å². The summed E-state index contributed by atoms with van der Waals surface area (Å²) in [6, 6.07) is 0.166. The van der Waals surface area contributed by atoms with Crippen molar-refractivity contribution in [2.45, 2.75) is 12.4 Å². The van der Waals surface area contributed by atoms with E-state index in [1.165, 1.54) is 0 Å². The highest BCUT2D eigenvalue weighted by Gasteiger charge is 2.40. The van der Waals surface area contributed by atoms with E-state index in [2.05, 4.69) is 0 Å². The number of alkyl halides is 6. The summed E-state index contributed by atoms with van der Waals surface area (Å²) in [5.74, 6) is -2.07. The Labute approximate surface area is 110 Å². The molecular formula is C9H3F6IO2. The molecule has 1 N–H and O–H groups in total. The molecule has 0 atom stereocenters. The molecule has 0 radical (unpaired) electrons. The summed E-state index contributed by atoms with van der Waals surface area (Å²) in [6.45, 7) is 0. The Kier molecular flexibility index (Phi) is 3.84. The quantitative estimate of drug-likeness (QED) is 0.587. The molecule has 0 aromatic heterocycles. The molecule has 0 saturated heterocycles. The van der Waals surface area contributed by atoms with Gasteiger partial charge in [-0.05, 0) is 34.7 Å². The highest BCUT2D eigenvalue weighted by molar-refractivity contribution is 14.1. The van der Waals surface area contributed by atoms with Crippen molar-refractivity contribution < 1.29 is 36.2 Å². The van der Waals surface area contributed by atoms with Crippen molar-refractivity contribution in [2.24, 2.45) is 0 Å². The van der Waals surface area contributed by atoms with Crippen molar-refractivity contribution in [3.8, 4) is 0 Å². The molecule has 9 heteroatoms. The van der Waals surface area contributed by atoms with Gasteiger partial charge in [-0.25, -0.2) is 4.79 Å². The van der Waals surface area contributed by atoms with Crippen LogP contribution in [0.2, 0.25) is 0 Å². The molecule has 100 valence electrons. The average Bonchev–Trinajstić information content (AvgIpc) is 2.13. The Morgan fingerprint density at radius 1 is 1.00 bits per heavy atom. The third-order valence-corrected chi connectivity index (χ3v) is 2.84. The van der Waals surface area contributed by atoms with Crippen LogP contribution in [0.3, 0.4) is 0 Å². The second-order valence-electron chi connectivity index (χ2n) is 3.18.